The lowest BCUT2D eigenvalue weighted by molar-refractivity contribution is -0.265. The molecule has 0 aromatic carbocycles. The maximum Gasteiger partial charge on any atom is 0.0985 e. The molecule has 0 saturated heterocycles. The minimum absolute atomic E-state index is 0.0280. The summed E-state index contributed by atoms with van der Waals surface area (Å²) < 4.78 is 0. The summed E-state index contributed by atoms with van der Waals surface area (Å²) in [5, 5.41) is 55.5. The fourth-order valence-corrected chi connectivity index (χ4v) is 10.1. The minimum atomic E-state index is -1.20. The summed E-state index contributed by atoms with van der Waals surface area (Å²) in [6, 6.07) is 0. The van der Waals surface area contributed by atoms with Crippen molar-refractivity contribution in [3.63, 3.8) is 0 Å². The van der Waals surface area contributed by atoms with Gasteiger partial charge in [-0.3, -0.25) is 0 Å². The molecule has 0 aromatic rings. The van der Waals surface area contributed by atoms with E-state index in [1.165, 1.54) is 0 Å². The third kappa shape index (κ3) is 3.83. The summed E-state index contributed by atoms with van der Waals surface area (Å²) in [7, 11) is 0. The van der Waals surface area contributed by atoms with Gasteiger partial charge >= 0.3 is 0 Å². The van der Waals surface area contributed by atoms with Gasteiger partial charge in [0, 0.05) is 11.8 Å². The highest BCUT2D eigenvalue weighted by molar-refractivity contribution is 5.17. The highest BCUT2D eigenvalue weighted by Gasteiger charge is 2.67. The fourth-order valence-electron chi connectivity index (χ4n) is 10.1. The maximum absolute atomic E-state index is 11.7. The van der Waals surface area contributed by atoms with Gasteiger partial charge in [-0.25, -0.2) is 0 Å². The Labute approximate surface area is 207 Å². The van der Waals surface area contributed by atoms with Crippen molar-refractivity contribution in [2.45, 2.75) is 129 Å². The SMILES string of the molecule is CC[C@@H](C(C)C)C(O)C(O)[C@@H](C)[C@H]1CC[C@H]2[C@@H]3CC(O)C4(O)C[C@@H](O)CC[C@]4(C)[C@H]3CC[C@]12C. The molecule has 0 bridgehead atoms. The van der Waals surface area contributed by atoms with Gasteiger partial charge in [0.2, 0.25) is 0 Å². The Bertz CT molecular complexity index is 727. The highest BCUT2D eigenvalue weighted by Crippen LogP contribution is 2.69. The first-order valence-electron chi connectivity index (χ1n) is 14.3. The van der Waals surface area contributed by atoms with Crippen LogP contribution in [0.15, 0.2) is 0 Å². The number of hydrogen-bond acceptors (Lipinski definition) is 5. The summed E-state index contributed by atoms with van der Waals surface area (Å²) in [6.45, 7) is 13.1. The third-order valence-corrected chi connectivity index (χ3v) is 12.2. The largest absolute Gasteiger partial charge is 0.393 e. The maximum atomic E-state index is 11.7. The van der Waals surface area contributed by atoms with E-state index in [9.17, 15) is 25.5 Å². The Balaban J connectivity index is 1.56. The monoisotopic (exact) mass is 480 g/mol. The van der Waals surface area contributed by atoms with Crippen LogP contribution in [0.5, 0.6) is 0 Å². The van der Waals surface area contributed by atoms with Crippen molar-refractivity contribution < 1.29 is 25.5 Å². The average Bonchev–Trinajstić information content (AvgIpc) is 3.12. The van der Waals surface area contributed by atoms with Crippen molar-refractivity contribution in [3.8, 4) is 0 Å². The molecule has 0 spiro atoms. The lowest BCUT2D eigenvalue weighted by Crippen LogP contribution is -2.68. The molecule has 4 rings (SSSR count). The first kappa shape index (κ1) is 26.9. The van der Waals surface area contributed by atoms with Gasteiger partial charge in [0.25, 0.3) is 0 Å². The first-order chi connectivity index (χ1) is 15.8. The Kier molecular flexibility index (Phi) is 7.33. The highest BCUT2D eigenvalue weighted by atomic mass is 16.3. The van der Waals surface area contributed by atoms with Crippen LogP contribution in [-0.4, -0.2) is 55.5 Å². The lowest BCUT2D eigenvalue weighted by Gasteiger charge is -2.65. The molecule has 4 aliphatic rings. The van der Waals surface area contributed by atoms with E-state index >= 15 is 0 Å². The van der Waals surface area contributed by atoms with E-state index in [2.05, 4.69) is 41.5 Å². The zero-order chi connectivity index (χ0) is 25.2. The number of fused-ring (bicyclic) bond motifs is 5. The molecule has 0 heterocycles. The zero-order valence-corrected chi connectivity index (χ0v) is 22.5. The van der Waals surface area contributed by atoms with E-state index in [1.54, 1.807) is 0 Å². The van der Waals surface area contributed by atoms with Crippen LogP contribution in [0, 0.1) is 52.3 Å². The van der Waals surface area contributed by atoms with Gasteiger partial charge in [-0.1, -0.05) is 48.0 Å². The van der Waals surface area contributed by atoms with E-state index in [-0.39, 0.29) is 29.1 Å². The topological polar surface area (TPSA) is 101 Å². The summed E-state index contributed by atoms with van der Waals surface area (Å²) in [6.07, 6.45) is 4.76. The van der Waals surface area contributed by atoms with Crippen LogP contribution in [0.2, 0.25) is 0 Å². The molecule has 0 aliphatic heterocycles. The third-order valence-electron chi connectivity index (χ3n) is 12.2. The molecule has 4 aliphatic carbocycles. The number of rotatable bonds is 6. The summed E-state index contributed by atoms with van der Waals surface area (Å²) >= 11 is 0. The van der Waals surface area contributed by atoms with Crippen LogP contribution in [0.3, 0.4) is 0 Å². The van der Waals surface area contributed by atoms with Crippen molar-refractivity contribution in [3.05, 3.63) is 0 Å². The normalized spacial score (nSPS) is 50.1. The molecule has 5 N–H and O–H groups in total. The van der Waals surface area contributed by atoms with Gasteiger partial charge in [0.1, 0.15) is 0 Å². The van der Waals surface area contributed by atoms with Gasteiger partial charge in [-0.05, 0) is 91.8 Å². The van der Waals surface area contributed by atoms with Crippen molar-refractivity contribution in [1.82, 2.24) is 0 Å². The van der Waals surface area contributed by atoms with Crippen LogP contribution >= 0.6 is 0 Å². The van der Waals surface area contributed by atoms with Gasteiger partial charge < -0.3 is 25.5 Å². The van der Waals surface area contributed by atoms with E-state index in [0.29, 0.717) is 42.4 Å². The Hall–Kier alpha value is -0.200. The molecular weight excluding hydrogens is 428 g/mol. The van der Waals surface area contributed by atoms with E-state index in [1.807, 2.05) is 0 Å². The van der Waals surface area contributed by atoms with Crippen LogP contribution in [0.1, 0.15) is 99.3 Å². The number of aliphatic hydroxyl groups excluding tert-OH is 4. The Morgan fingerprint density at radius 1 is 0.882 bits per heavy atom. The van der Waals surface area contributed by atoms with E-state index < -0.39 is 30.0 Å². The summed E-state index contributed by atoms with van der Waals surface area (Å²) in [4.78, 5) is 0. The van der Waals surface area contributed by atoms with Crippen LogP contribution in [-0.2, 0) is 0 Å². The molecule has 4 unspecified atom stereocenters. The molecule has 5 nitrogen and oxygen atoms in total. The smallest absolute Gasteiger partial charge is 0.0985 e. The molecule has 13 atom stereocenters. The molecule has 0 amide bonds. The predicted octanol–water partition coefficient (Wildman–Crippen LogP) is 4.13. The molecule has 4 saturated carbocycles. The molecule has 4 fully saturated rings. The Morgan fingerprint density at radius 2 is 1.56 bits per heavy atom. The summed E-state index contributed by atoms with van der Waals surface area (Å²) in [5.74, 6) is 2.02. The molecule has 0 radical (unpaired) electrons. The van der Waals surface area contributed by atoms with E-state index in [0.717, 1.165) is 38.5 Å². The molecule has 34 heavy (non-hydrogen) atoms. The van der Waals surface area contributed by atoms with Crippen molar-refractivity contribution in [2.75, 3.05) is 0 Å². The average molecular weight is 481 g/mol. The molecular formula is C29H52O5. The van der Waals surface area contributed by atoms with Crippen molar-refractivity contribution in [2.24, 2.45) is 52.3 Å². The molecule has 198 valence electrons. The van der Waals surface area contributed by atoms with Crippen LogP contribution in [0.4, 0.5) is 0 Å². The fraction of sp³-hybridized carbons (Fsp3) is 1.00. The second-order valence-corrected chi connectivity index (χ2v) is 13.8. The van der Waals surface area contributed by atoms with Gasteiger partial charge in [-0.15, -0.1) is 0 Å². The first-order valence-corrected chi connectivity index (χ1v) is 14.3. The van der Waals surface area contributed by atoms with Crippen molar-refractivity contribution >= 4 is 0 Å². The Morgan fingerprint density at radius 3 is 2.18 bits per heavy atom. The number of hydrogen-bond donors (Lipinski definition) is 5. The van der Waals surface area contributed by atoms with Gasteiger partial charge in [-0.2, -0.15) is 0 Å². The predicted molar refractivity (Wildman–Crippen MR) is 134 cm³/mol. The summed E-state index contributed by atoms with van der Waals surface area (Å²) in [5.41, 5.74) is -1.47. The zero-order valence-electron chi connectivity index (χ0n) is 22.5. The van der Waals surface area contributed by atoms with Crippen LogP contribution in [0.25, 0.3) is 0 Å². The number of aliphatic hydroxyl groups is 5. The molecule has 5 heteroatoms. The standard InChI is InChI=1S/C29H52O5/c1-7-19(16(2)3)26(33)25(32)17(4)21-8-9-22-20-14-24(31)29(34)15-18(30)10-13-28(29,6)23(20)11-12-27(21,22)5/h16-26,30-34H,7-15H2,1-6H3/t17-,18-,19-,20-,21+,22-,23-,24?,25?,26?,27+,28+,29?/m0/s1. The van der Waals surface area contributed by atoms with Crippen molar-refractivity contribution in [1.29, 1.82) is 0 Å². The van der Waals surface area contributed by atoms with Gasteiger partial charge in [0.05, 0.1) is 30.0 Å². The second kappa shape index (κ2) is 9.28. The van der Waals surface area contributed by atoms with E-state index in [4.69, 9.17) is 0 Å². The van der Waals surface area contributed by atoms with Crippen LogP contribution < -0.4 is 0 Å². The molecule has 0 aromatic heterocycles. The quantitative estimate of drug-likeness (QED) is 0.393. The minimum Gasteiger partial charge on any atom is -0.393 e. The lowest BCUT2D eigenvalue weighted by atomic mass is 9.42. The second-order valence-electron chi connectivity index (χ2n) is 13.8. The van der Waals surface area contributed by atoms with Gasteiger partial charge in [0.15, 0.2) is 0 Å².